The fraction of sp³-hybridized carbons (Fsp3) is 0.333. The molecule has 3 heterocycles. The molecule has 0 saturated carbocycles. The smallest absolute Gasteiger partial charge is 0.290 e. The van der Waals surface area contributed by atoms with Gasteiger partial charge in [0.1, 0.15) is 5.76 Å². The molecule has 1 N–H and O–H groups in total. The third kappa shape index (κ3) is 3.40. The Morgan fingerprint density at radius 1 is 1.32 bits per heavy atom. The van der Waals surface area contributed by atoms with Gasteiger partial charge in [-0.15, -0.1) is 0 Å². The van der Waals surface area contributed by atoms with E-state index in [1.165, 1.54) is 4.90 Å². The summed E-state index contributed by atoms with van der Waals surface area (Å²) in [5, 5.41) is 10.6. The number of ether oxygens (including phenoxy) is 1. The van der Waals surface area contributed by atoms with Gasteiger partial charge in [0.2, 0.25) is 5.78 Å². The number of carbonyl (C=O) groups is 2. The number of aliphatic hydroxyl groups excluding tert-OH is 1. The van der Waals surface area contributed by atoms with Crippen LogP contribution in [0.2, 0.25) is 0 Å². The van der Waals surface area contributed by atoms with Crippen molar-refractivity contribution in [3.8, 4) is 0 Å². The summed E-state index contributed by atoms with van der Waals surface area (Å²) in [4.78, 5) is 27.5. The lowest BCUT2D eigenvalue weighted by atomic mass is 9.95. The second-order valence-corrected chi connectivity index (χ2v) is 7.97. The molecular formula is C21H20BrNO5. The minimum Gasteiger partial charge on any atom is -0.503 e. The summed E-state index contributed by atoms with van der Waals surface area (Å²) in [6.07, 6.45) is 1.67. The van der Waals surface area contributed by atoms with E-state index in [0.29, 0.717) is 18.9 Å². The van der Waals surface area contributed by atoms with Gasteiger partial charge in [-0.05, 0) is 49.6 Å². The van der Waals surface area contributed by atoms with E-state index >= 15 is 0 Å². The summed E-state index contributed by atoms with van der Waals surface area (Å²) in [6.45, 7) is 2.71. The molecule has 2 aliphatic rings. The fourth-order valence-electron chi connectivity index (χ4n) is 3.79. The molecule has 1 fully saturated rings. The lowest BCUT2D eigenvalue weighted by Gasteiger charge is -2.28. The molecule has 28 heavy (non-hydrogen) atoms. The molecule has 146 valence electrons. The van der Waals surface area contributed by atoms with Crippen molar-refractivity contribution in [3.63, 3.8) is 0 Å². The van der Waals surface area contributed by atoms with Crippen molar-refractivity contribution < 1.29 is 23.8 Å². The number of hydrogen-bond donors (Lipinski definition) is 1. The Hall–Kier alpha value is -2.38. The van der Waals surface area contributed by atoms with E-state index in [1.54, 1.807) is 19.1 Å². The first kappa shape index (κ1) is 19.0. The zero-order valence-electron chi connectivity index (χ0n) is 15.4. The van der Waals surface area contributed by atoms with Crippen LogP contribution < -0.4 is 0 Å². The number of furan rings is 1. The largest absolute Gasteiger partial charge is 0.503 e. The van der Waals surface area contributed by atoms with Gasteiger partial charge in [0, 0.05) is 17.6 Å². The van der Waals surface area contributed by atoms with Crippen molar-refractivity contribution in [2.45, 2.75) is 31.9 Å². The van der Waals surface area contributed by atoms with Crippen molar-refractivity contribution >= 4 is 27.6 Å². The minimum atomic E-state index is -0.702. The Labute approximate surface area is 170 Å². The van der Waals surface area contributed by atoms with Crippen LogP contribution in [0.3, 0.4) is 0 Å². The molecule has 1 amide bonds. The number of nitrogens with zero attached hydrogens (tertiary/aromatic N) is 1. The highest BCUT2D eigenvalue weighted by Gasteiger charge is 2.45. The highest BCUT2D eigenvalue weighted by atomic mass is 79.9. The van der Waals surface area contributed by atoms with Crippen molar-refractivity contribution in [1.29, 1.82) is 0 Å². The van der Waals surface area contributed by atoms with Gasteiger partial charge >= 0.3 is 0 Å². The number of Topliss-reactive ketones (excluding diaryl/α,β-unsaturated/α-hetero) is 1. The Kier molecular flexibility index (Phi) is 5.12. The van der Waals surface area contributed by atoms with Crippen molar-refractivity contribution in [3.05, 3.63) is 69.3 Å². The topological polar surface area (TPSA) is 80.0 Å². The molecule has 0 spiro atoms. The minimum absolute atomic E-state index is 0.0375. The molecule has 1 saturated heterocycles. The molecule has 7 heteroatoms. The molecule has 0 bridgehead atoms. The molecule has 0 aliphatic carbocycles. The number of hydrogen-bond acceptors (Lipinski definition) is 5. The number of halogens is 1. The van der Waals surface area contributed by atoms with Crippen LogP contribution in [0.5, 0.6) is 0 Å². The van der Waals surface area contributed by atoms with Gasteiger partial charge < -0.3 is 19.2 Å². The lowest BCUT2D eigenvalue weighted by Crippen LogP contribution is -2.37. The predicted molar refractivity (Wildman–Crippen MR) is 105 cm³/mol. The number of amides is 1. The van der Waals surface area contributed by atoms with Gasteiger partial charge in [0.15, 0.2) is 11.5 Å². The van der Waals surface area contributed by atoms with Crippen LogP contribution in [0.4, 0.5) is 0 Å². The van der Waals surface area contributed by atoms with Crippen LogP contribution in [-0.4, -0.2) is 41.0 Å². The van der Waals surface area contributed by atoms with Gasteiger partial charge in [0.05, 0.1) is 17.7 Å². The standard InChI is InChI=1S/C21H20BrNO5/c1-12-7-8-16(28-12)19(24)17-18(13-4-2-5-14(22)10-13)23(21(26)20(17)25)11-15-6-3-9-27-15/h2,4-5,7-8,10,15,18,25H,3,6,9,11H2,1H3/t15-,18-/m0/s1. The van der Waals surface area contributed by atoms with E-state index in [4.69, 9.17) is 9.15 Å². The van der Waals surface area contributed by atoms with Crippen LogP contribution in [0.25, 0.3) is 0 Å². The lowest BCUT2D eigenvalue weighted by molar-refractivity contribution is -0.131. The average molecular weight is 446 g/mol. The number of carbonyl (C=O) groups excluding carboxylic acids is 2. The first-order chi connectivity index (χ1) is 13.5. The molecule has 4 rings (SSSR count). The predicted octanol–water partition coefficient (Wildman–Crippen LogP) is 4.11. The van der Waals surface area contributed by atoms with Crippen molar-refractivity contribution in [2.75, 3.05) is 13.2 Å². The summed E-state index contributed by atoms with van der Waals surface area (Å²) in [5.41, 5.74) is 0.770. The number of ketones is 1. The Bertz CT molecular complexity index is 957. The van der Waals surface area contributed by atoms with Gasteiger partial charge in [-0.25, -0.2) is 0 Å². The van der Waals surface area contributed by atoms with Gasteiger partial charge in [-0.3, -0.25) is 9.59 Å². The number of aryl methyl sites for hydroxylation is 1. The maximum atomic E-state index is 13.1. The normalized spacial score (nSPS) is 22.4. The zero-order valence-corrected chi connectivity index (χ0v) is 16.9. The number of rotatable bonds is 5. The molecule has 6 nitrogen and oxygen atoms in total. The van der Waals surface area contributed by atoms with Gasteiger partial charge in [0.25, 0.3) is 5.91 Å². The summed E-state index contributed by atoms with van der Waals surface area (Å²) in [5.74, 6) is -0.887. The van der Waals surface area contributed by atoms with Crippen LogP contribution in [0, 0.1) is 6.92 Å². The maximum Gasteiger partial charge on any atom is 0.290 e. The van der Waals surface area contributed by atoms with E-state index in [-0.39, 0.29) is 17.4 Å². The average Bonchev–Trinajstić information content (AvgIpc) is 3.38. The Morgan fingerprint density at radius 2 is 2.14 bits per heavy atom. The summed E-state index contributed by atoms with van der Waals surface area (Å²) in [7, 11) is 0. The summed E-state index contributed by atoms with van der Waals surface area (Å²) < 4.78 is 12.0. The third-order valence-electron chi connectivity index (χ3n) is 5.10. The summed E-state index contributed by atoms with van der Waals surface area (Å²) >= 11 is 3.44. The second-order valence-electron chi connectivity index (χ2n) is 7.05. The van der Waals surface area contributed by atoms with E-state index in [1.807, 2.05) is 24.3 Å². The highest BCUT2D eigenvalue weighted by molar-refractivity contribution is 9.10. The van der Waals surface area contributed by atoms with E-state index in [2.05, 4.69) is 15.9 Å². The SMILES string of the molecule is Cc1ccc(C(=O)C2=C(O)C(=O)N(C[C@@H]3CCCO3)[C@H]2c2cccc(Br)c2)o1. The zero-order chi connectivity index (χ0) is 19.8. The molecular weight excluding hydrogens is 426 g/mol. The van der Waals surface area contributed by atoms with Crippen LogP contribution in [-0.2, 0) is 9.53 Å². The number of benzene rings is 1. The monoisotopic (exact) mass is 445 g/mol. The molecule has 2 atom stereocenters. The molecule has 1 aromatic carbocycles. The van der Waals surface area contributed by atoms with Crippen molar-refractivity contribution in [2.24, 2.45) is 0 Å². The maximum absolute atomic E-state index is 13.1. The van der Waals surface area contributed by atoms with Gasteiger partial charge in [-0.2, -0.15) is 0 Å². The fourth-order valence-corrected chi connectivity index (χ4v) is 4.21. The summed E-state index contributed by atoms with van der Waals surface area (Å²) in [6, 6.07) is 9.92. The highest BCUT2D eigenvalue weighted by Crippen LogP contribution is 2.40. The van der Waals surface area contributed by atoms with E-state index < -0.39 is 23.5 Å². The molecule has 0 radical (unpaired) electrons. The van der Waals surface area contributed by atoms with E-state index in [9.17, 15) is 14.7 Å². The van der Waals surface area contributed by atoms with Crippen molar-refractivity contribution in [1.82, 2.24) is 4.90 Å². The van der Waals surface area contributed by atoms with Crippen LogP contribution in [0.15, 0.2) is 56.6 Å². The first-order valence-electron chi connectivity index (χ1n) is 9.18. The Balaban J connectivity index is 1.77. The molecule has 2 aromatic rings. The molecule has 1 aromatic heterocycles. The number of aliphatic hydroxyl groups is 1. The van der Waals surface area contributed by atoms with Crippen LogP contribution >= 0.6 is 15.9 Å². The first-order valence-corrected chi connectivity index (χ1v) is 9.97. The Morgan fingerprint density at radius 3 is 2.79 bits per heavy atom. The molecule has 0 unspecified atom stereocenters. The van der Waals surface area contributed by atoms with E-state index in [0.717, 1.165) is 22.9 Å². The molecule has 2 aliphatic heterocycles. The second kappa shape index (κ2) is 7.56. The third-order valence-corrected chi connectivity index (χ3v) is 5.59. The van der Waals surface area contributed by atoms with Gasteiger partial charge in [-0.1, -0.05) is 28.1 Å². The quantitative estimate of drug-likeness (QED) is 0.700. The van der Waals surface area contributed by atoms with Crippen LogP contribution in [0.1, 0.15) is 40.8 Å².